The van der Waals surface area contributed by atoms with Gasteiger partial charge in [0.2, 0.25) is 5.91 Å². The van der Waals surface area contributed by atoms with Gasteiger partial charge in [-0.1, -0.05) is 18.2 Å². The van der Waals surface area contributed by atoms with Gasteiger partial charge in [-0.25, -0.2) is 0 Å². The van der Waals surface area contributed by atoms with Crippen LogP contribution in [0.2, 0.25) is 0 Å². The maximum atomic E-state index is 12.1. The first kappa shape index (κ1) is 10.5. The van der Waals surface area contributed by atoms with Gasteiger partial charge in [0.15, 0.2) is 0 Å². The minimum absolute atomic E-state index is 0.0150. The SMILES string of the molecule is CN1CCCC(C2=Nc3ccccc3C2)C1=O. The molecule has 0 aliphatic carbocycles. The first-order chi connectivity index (χ1) is 8.25. The standard InChI is InChI=1S/C14H16N2O/c1-16-8-4-6-11(14(16)17)13-9-10-5-2-3-7-12(10)15-13/h2-3,5,7,11H,4,6,8-9H2,1H3. The second kappa shape index (κ2) is 3.99. The Kier molecular flexibility index (Phi) is 2.46. The summed E-state index contributed by atoms with van der Waals surface area (Å²) in [5.41, 5.74) is 3.36. The molecule has 0 aromatic heterocycles. The van der Waals surface area contributed by atoms with Crippen molar-refractivity contribution in [1.29, 1.82) is 0 Å². The average Bonchev–Trinajstić information content (AvgIpc) is 2.76. The average molecular weight is 228 g/mol. The van der Waals surface area contributed by atoms with Gasteiger partial charge in [-0.2, -0.15) is 0 Å². The van der Waals surface area contributed by atoms with E-state index >= 15 is 0 Å². The van der Waals surface area contributed by atoms with Crippen LogP contribution in [0.3, 0.4) is 0 Å². The van der Waals surface area contributed by atoms with E-state index in [-0.39, 0.29) is 11.8 Å². The van der Waals surface area contributed by atoms with E-state index in [9.17, 15) is 4.79 Å². The summed E-state index contributed by atoms with van der Waals surface area (Å²) in [6.07, 6.45) is 2.89. The molecule has 2 aliphatic heterocycles. The summed E-state index contributed by atoms with van der Waals surface area (Å²) in [5, 5.41) is 0. The Morgan fingerprint density at radius 2 is 2.18 bits per heavy atom. The normalized spacial score (nSPS) is 23.6. The quantitative estimate of drug-likeness (QED) is 0.725. The second-order valence-corrected chi connectivity index (χ2v) is 4.86. The van der Waals surface area contributed by atoms with Crippen molar-refractivity contribution in [3.63, 3.8) is 0 Å². The molecule has 1 saturated heterocycles. The number of aliphatic imine (C=N–C) groups is 1. The fourth-order valence-corrected chi connectivity index (χ4v) is 2.70. The van der Waals surface area contributed by atoms with Crippen LogP contribution in [0.4, 0.5) is 5.69 Å². The largest absolute Gasteiger partial charge is 0.345 e. The monoisotopic (exact) mass is 228 g/mol. The molecule has 88 valence electrons. The molecular weight excluding hydrogens is 212 g/mol. The van der Waals surface area contributed by atoms with Crippen LogP contribution in [0.1, 0.15) is 18.4 Å². The third-order valence-corrected chi connectivity index (χ3v) is 3.69. The summed E-state index contributed by atoms with van der Waals surface area (Å²) >= 11 is 0. The molecule has 3 nitrogen and oxygen atoms in total. The van der Waals surface area contributed by atoms with Gasteiger partial charge in [-0.05, 0) is 24.5 Å². The molecule has 1 aromatic rings. The van der Waals surface area contributed by atoms with Crippen LogP contribution in [-0.2, 0) is 11.2 Å². The number of piperidine rings is 1. The Morgan fingerprint density at radius 3 is 3.00 bits per heavy atom. The van der Waals surface area contributed by atoms with Crippen LogP contribution in [0.25, 0.3) is 0 Å². The van der Waals surface area contributed by atoms with Gasteiger partial charge in [-0.3, -0.25) is 9.79 Å². The van der Waals surface area contributed by atoms with Crippen molar-refractivity contribution in [1.82, 2.24) is 4.90 Å². The highest BCUT2D eigenvalue weighted by molar-refractivity contribution is 6.08. The number of fused-ring (bicyclic) bond motifs is 1. The first-order valence-corrected chi connectivity index (χ1v) is 6.16. The highest BCUT2D eigenvalue weighted by Crippen LogP contribution is 2.31. The molecule has 2 heterocycles. The van der Waals surface area contributed by atoms with Crippen LogP contribution in [0, 0.1) is 5.92 Å². The number of rotatable bonds is 1. The molecule has 0 N–H and O–H groups in total. The van der Waals surface area contributed by atoms with E-state index in [0.29, 0.717) is 0 Å². The predicted molar refractivity (Wildman–Crippen MR) is 67.6 cm³/mol. The minimum Gasteiger partial charge on any atom is -0.345 e. The molecule has 17 heavy (non-hydrogen) atoms. The Bertz CT molecular complexity index is 493. The molecule has 0 radical (unpaired) electrons. The fraction of sp³-hybridized carbons (Fsp3) is 0.429. The van der Waals surface area contributed by atoms with Crippen molar-refractivity contribution in [2.24, 2.45) is 10.9 Å². The molecule has 3 rings (SSSR count). The molecule has 1 fully saturated rings. The summed E-state index contributed by atoms with van der Waals surface area (Å²) < 4.78 is 0. The number of benzene rings is 1. The van der Waals surface area contributed by atoms with Gasteiger partial charge in [0.25, 0.3) is 0 Å². The van der Waals surface area contributed by atoms with Gasteiger partial charge in [0, 0.05) is 25.7 Å². The minimum atomic E-state index is 0.0150. The Morgan fingerprint density at radius 1 is 1.35 bits per heavy atom. The molecule has 3 heteroatoms. The molecule has 1 aromatic carbocycles. The van der Waals surface area contributed by atoms with Crippen LogP contribution < -0.4 is 0 Å². The van der Waals surface area contributed by atoms with Crippen molar-refractivity contribution in [3.8, 4) is 0 Å². The zero-order chi connectivity index (χ0) is 11.8. The zero-order valence-corrected chi connectivity index (χ0v) is 10.0. The Labute approximate surface area is 101 Å². The van der Waals surface area contributed by atoms with Crippen LogP contribution in [0.5, 0.6) is 0 Å². The lowest BCUT2D eigenvalue weighted by Crippen LogP contribution is -2.41. The van der Waals surface area contributed by atoms with Crippen LogP contribution in [0.15, 0.2) is 29.3 Å². The molecule has 1 atom stereocenters. The summed E-state index contributed by atoms with van der Waals surface area (Å²) in [6.45, 7) is 0.884. The molecule has 2 aliphatic rings. The summed E-state index contributed by atoms with van der Waals surface area (Å²) in [5.74, 6) is 0.254. The van der Waals surface area contributed by atoms with Gasteiger partial charge >= 0.3 is 0 Å². The highest BCUT2D eigenvalue weighted by Gasteiger charge is 2.32. The van der Waals surface area contributed by atoms with Crippen molar-refractivity contribution in [3.05, 3.63) is 29.8 Å². The van der Waals surface area contributed by atoms with Crippen molar-refractivity contribution in [2.75, 3.05) is 13.6 Å². The second-order valence-electron chi connectivity index (χ2n) is 4.86. The number of hydrogen-bond acceptors (Lipinski definition) is 2. The van der Waals surface area contributed by atoms with E-state index in [1.54, 1.807) is 0 Å². The maximum Gasteiger partial charge on any atom is 0.231 e. The smallest absolute Gasteiger partial charge is 0.231 e. The number of nitrogens with zero attached hydrogens (tertiary/aromatic N) is 2. The number of para-hydroxylation sites is 1. The maximum absolute atomic E-state index is 12.1. The predicted octanol–water partition coefficient (Wildman–Crippen LogP) is 2.18. The van der Waals surface area contributed by atoms with E-state index in [0.717, 1.165) is 37.2 Å². The van der Waals surface area contributed by atoms with Gasteiger partial charge < -0.3 is 4.90 Å². The molecule has 0 saturated carbocycles. The van der Waals surface area contributed by atoms with E-state index in [2.05, 4.69) is 11.1 Å². The van der Waals surface area contributed by atoms with Gasteiger partial charge in [-0.15, -0.1) is 0 Å². The lowest BCUT2D eigenvalue weighted by atomic mass is 9.90. The molecule has 0 spiro atoms. The number of amides is 1. The first-order valence-electron chi connectivity index (χ1n) is 6.16. The summed E-state index contributed by atoms with van der Waals surface area (Å²) in [7, 11) is 1.89. The number of hydrogen-bond donors (Lipinski definition) is 0. The third-order valence-electron chi connectivity index (χ3n) is 3.69. The fourth-order valence-electron chi connectivity index (χ4n) is 2.70. The molecule has 1 amide bonds. The number of likely N-dealkylation sites (tertiary alicyclic amines) is 1. The lowest BCUT2D eigenvalue weighted by molar-refractivity contribution is -0.134. The number of carbonyl (C=O) groups is 1. The molecule has 0 bridgehead atoms. The van der Waals surface area contributed by atoms with Crippen LogP contribution >= 0.6 is 0 Å². The van der Waals surface area contributed by atoms with Crippen molar-refractivity contribution < 1.29 is 4.79 Å². The van der Waals surface area contributed by atoms with E-state index < -0.39 is 0 Å². The lowest BCUT2D eigenvalue weighted by Gasteiger charge is -2.29. The molecule has 1 unspecified atom stereocenters. The summed E-state index contributed by atoms with van der Waals surface area (Å²) in [6, 6.07) is 8.16. The highest BCUT2D eigenvalue weighted by atomic mass is 16.2. The van der Waals surface area contributed by atoms with Gasteiger partial charge in [0.1, 0.15) is 0 Å². The Balaban J connectivity index is 1.86. The van der Waals surface area contributed by atoms with Crippen LogP contribution in [-0.4, -0.2) is 30.1 Å². The van der Waals surface area contributed by atoms with Crippen molar-refractivity contribution in [2.45, 2.75) is 19.3 Å². The third kappa shape index (κ3) is 1.75. The van der Waals surface area contributed by atoms with E-state index in [1.807, 2.05) is 30.1 Å². The Hall–Kier alpha value is -1.64. The van der Waals surface area contributed by atoms with Crippen molar-refractivity contribution >= 4 is 17.3 Å². The van der Waals surface area contributed by atoms with E-state index in [4.69, 9.17) is 0 Å². The topological polar surface area (TPSA) is 32.7 Å². The van der Waals surface area contributed by atoms with Gasteiger partial charge in [0.05, 0.1) is 11.6 Å². The zero-order valence-electron chi connectivity index (χ0n) is 10.0. The molecular formula is C14H16N2O. The number of carbonyl (C=O) groups excluding carboxylic acids is 1. The summed E-state index contributed by atoms with van der Waals surface area (Å²) in [4.78, 5) is 18.6. The van der Waals surface area contributed by atoms with E-state index in [1.165, 1.54) is 5.56 Å².